The highest BCUT2D eigenvalue weighted by atomic mass is 79.9. The van der Waals surface area contributed by atoms with Crippen molar-refractivity contribution in [3.8, 4) is 17.2 Å². The van der Waals surface area contributed by atoms with Gasteiger partial charge in [-0.3, -0.25) is 4.79 Å². The van der Waals surface area contributed by atoms with Crippen molar-refractivity contribution in [2.45, 2.75) is 18.9 Å². The number of para-hydroxylation sites is 1. The monoisotopic (exact) mass is 478 g/mol. The maximum absolute atomic E-state index is 13.1. The molecule has 1 fully saturated rings. The highest BCUT2D eigenvalue weighted by Crippen LogP contribution is 2.40. The van der Waals surface area contributed by atoms with Crippen LogP contribution in [0.4, 0.5) is 5.69 Å². The number of benzene rings is 2. The number of nitrogens with one attached hydrogen (secondary N) is 1. The molecule has 1 N–H and O–H groups in total. The van der Waals surface area contributed by atoms with Crippen LogP contribution in [0.25, 0.3) is 11.0 Å². The number of ether oxygens (including phenoxy) is 2. The third-order valence-corrected chi connectivity index (χ3v) is 5.72. The van der Waals surface area contributed by atoms with Crippen molar-refractivity contribution in [2.75, 3.05) is 12.4 Å². The molecule has 7 nitrogen and oxygen atoms in total. The molecule has 0 spiro atoms. The molecule has 1 amide bonds. The quantitative estimate of drug-likeness (QED) is 0.391. The molecule has 31 heavy (non-hydrogen) atoms. The lowest BCUT2D eigenvalue weighted by Crippen LogP contribution is -2.15. The molecule has 4 aromatic rings. The fourth-order valence-electron chi connectivity index (χ4n) is 3.49. The van der Waals surface area contributed by atoms with Crippen LogP contribution in [0.5, 0.6) is 17.2 Å². The molecule has 2 aromatic heterocycles. The van der Waals surface area contributed by atoms with Gasteiger partial charge in [0.15, 0.2) is 0 Å². The number of anilines is 1. The summed E-state index contributed by atoms with van der Waals surface area (Å²) in [6.45, 7) is 0. The molecule has 1 aliphatic rings. The van der Waals surface area contributed by atoms with Crippen LogP contribution < -0.4 is 14.8 Å². The van der Waals surface area contributed by atoms with E-state index in [-0.39, 0.29) is 5.91 Å². The first-order chi connectivity index (χ1) is 15.1. The summed E-state index contributed by atoms with van der Waals surface area (Å²) in [6.07, 6.45) is 5.65. The third kappa shape index (κ3) is 3.86. The molecule has 0 unspecified atom stereocenters. The second-order valence-electron chi connectivity index (χ2n) is 7.27. The topological polar surface area (TPSA) is 78.3 Å². The van der Waals surface area contributed by atoms with Crippen LogP contribution >= 0.6 is 15.9 Å². The number of hydrogen-bond acceptors (Lipinski definition) is 5. The first-order valence-corrected chi connectivity index (χ1v) is 10.7. The normalized spacial score (nSPS) is 13.2. The molecule has 5 rings (SSSR count). The molecule has 1 saturated carbocycles. The van der Waals surface area contributed by atoms with Gasteiger partial charge in [0.25, 0.3) is 5.91 Å². The van der Waals surface area contributed by atoms with Gasteiger partial charge in [-0.1, -0.05) is 18.2 Å². The summed E-state index contributed by atoms with van der Waals surface area (Å²) in [5, 5.41) is 3.61. The molecule has 0 bridgehead atoms. The number of hydrogen-bond donors (Lipinski definition) is 1. The summed E-state index contributed by atoms with van der Waals surface area (Å²) >= 11 is 3.57. The highest BCUT2D eigenvalue weighted by molar-refractivity contribution is 9.10. The zero-order valence-electron chi connectivity index (χ0n) is 16.7. The Labute approximate surface area is 187 Å². The summed E-state index contributed by atoms with van der Waals surface area (Å²) in [4.78, 5) is 21.8. The molecule has 8 heteroatoms. The molecule has 0 aliphatic heterocycles. The molecule has 0 radical (unpaired) electrons. The molecule has 2 heterocycles. The van der Waals surface area contributed by atoms with Crippen molar-refractivity contribution in [2.24, 2.45) is 0 Å². The van der Waals surface area contributed by atoms with Crippen LogP contribution in [0.1, 0.15) is 29.4 Å². The average Bonchev–Trinajstić information content (AvgIpc) is 3.58. The second kappa shape index (κ2) is 8.03. The summed E-state index contributed by atoms with van der Waals surface area (Å²) in [5.41, 5.74) is 1.59. The van der Waals surface area contributed by atoms with E-state index in [0.29, 0.717) is 34.3 Å². The fraction of sp³-hybridized carbons (Fsp3) is 0.174. The SMILES string of the molecule is COc1cc(Oc2ccccc2)ccc1NC(=O)c1ncnc2c1c(Br)cn2C1CC1. The van der Waals surface area contributed by atoms with Gasteiger partial charge >= 0.3 is 0 Å². The molecule has 0 atom stereocenters. The summed E-state index contributed by atoms with van der Waals surface area (Å²) in [6, 6.07) is 15.2. The molecule has 156 valence electrons. The van der Waals surface area contributed by atoms with E-state index in [4.69, 9.17) is 9.47 Å². The maximum atomic E-state index is 13.1. The van der Waals surface area contributed by atoms with Crippen LogP contribution in [0.3, 0.4) is 0 Å². The van der Waals surface area contributed by atoms with Gasteiger partial charge in [0.1, 0.15) is 34.9 Å². The van der Waals surface area contributed by atoms with Gasteiger partial charge in [0.05, 0.1) is 18.2 Å². The van der Waals surface area contributed by atoms with Crippen molar-refractivity contribution in [1.82, 2.24) is 14.5 Å². The zero-order chi connectivity index (χ0) is 21.4. The van der Waals surface area contributed by atoms with Crippen LogP contribution in [-0.4, -0.2) is 27.6 Å². The van der Waals surface area contributed by atoms with Gasteiger partial charge in [-0.2, -0.15) is 0 Å². The van der Waals surface area contributed by atoms with Crippen molar-refractivity contribution >= 4 is 38.6 Å². The Morgan fingerprint density at radius 3 is 2.68 bits per heavy atom. The van der Waals surface area contributed by atoms with Crippen LogP contribution in [-0.2, 0) is 0 Å². The van der Waals surface area contributed by atoms with Crippen LogP contribution in [0, 0.1) is 0 Å². The van der Waals surface area contributed by atoms with E-state index in [2.05, 4.69) is 35.8 Å². The minimum atomic E-state index is -0.336. The average molecular weight is 479 g/mol. The highest BCUT2D eigenvalue weighted by Gasteiger charge is 2.28. The van der Waals surface area contributed by atoms with E-state index in [0.717, 1.165) is 28.7 Å². The number of amides is 1. The van der Waals surface area contributed by atoms with Crippen molar-refractivity contribution < 1.29 is 14.3 Å². The lowest BCUT2D eigenvalue weighted by molar-refractivity contribution is 0.102. The number of fused-ring (bicyclic) bond motifs is 1. The van der Waals surface area contributed by atoms with Crippen molar-refractivity contribution in [3.63, 3.8) is 0 Å². The summed E-state index contributed by atoms with van der Waals surface area (Å²) < 4.78 is 14.2. The number of methoxy groups -OCH3 is 1. The molecular formula is C23H19BrN4O3. The predicted octanol–water partition coefficient (Wildman–Crippen LogP) is 5.58. The van der Waals surface area contributed by atoms with E-state index in [1.807, 2.05) is 36.5 Å². The van der Waals surface area contributed by atoms with E-state index in [1.165, 1.54) is 6.33 Å². The minimum absolute atomic E-state index is 0.308. The van der Waals surface area contributed by atoms with Crippen molar-refractivity contribution in [1.29, 1.82) is 0 Å². The van der Waals surface area contributed by atoms with Crippen molar-refractivity contribution in [3.05, 3.63) is 71.2 Å². The largest absolute Gasteiger partial charge is 0.494 e. The Morgan fingerprint density at radius 1 is 1.13 bits per heavy atom. The first kappa shape index (κ1) is 19.6. The van der Waals surface area contributed by atoms with Crippen LogP contribution in [0.15, 0.2) is 65.5 Å². The summed E-state index contributed by atoms with van der Waals surface area (Å²) in [7, 11) is 1.55. The molecular weight excluding hydrogens is 460 g/mol. The Balaban J connectivity index is 1.43. The molecule has 0 saturated heterocycles. The fourth-order valence-corrected chi connectivity index (χ4v) is 4.07. The van der Waals surface area contributed by atoms with E-state index in [1.54, 1.807) is 25.3 Å². The minimum Gasteiger partial charge on any atom is -0.494 e. The lowest BCUT2D eigenvalue weighted by Gasteiger charge is -2.13. The van der Waals surface area contributed by atoms with Gasteiger partial charge in [0, 0.05) is 22.8 Å². The van der Waals surface area contributed by atoms with Crippen LogP contribution in [0.2, 0.25) is 0 Å². The number of halogens is 1. The Morgan fingerprint density at radius 2 is 1.94 bits per heavy atom. The summed E-state index contributed by atoms with van der Waals surface area (Å²) in [5.74, 6) is 1.47. The van der Waals surface area contributed by atoms with Gasteiger partial charge in [0.2, 0.25) is 0 Å². The van der Waals surface area contributed by atoms with Gasteiger partial charge in [-0.15, -0.1) is 0 Å². The predicted molar refractivity (Wildman–Crippen MR) is 121 cm³/mol. The number of rotatable bonds is 6. The molecule has 2 aromatic carbocycles. The zero-order valence-corrected chi connectivity index (χ0v) is 18.3. The number of nitrogens with zero attached hydrogens (tertiary/aromatic N) is 3. The third-order valence-electron chi connectivity index (χ3n) is 5.12. The van der Waals surface area contributed by atoms with E-state index < -0.39 is 0 Å². The Hall–Kier alpha value is -3.39. The number of carbonyl (C=O) groups is 1. The van der Waals surface area contributed by atoms with Gasteiger partial charge in [-0.05, 0) is 53.0 Å². The second-order valence-corrected chi connectivity index (χ2v) is 8.12. The smallest absolute Gasteiger partial charge is 0.275 e. The number of carbonyl (C=O) groups excluding carboxylic acids is 1. The van der Waals surface area contributed by atoms with Gasteiger partial charge in [-0.25, -0.2) is 9.97 Å². The Kier molecular flexibility index (Phi) is 5.07. The Bertz CT molecular complexity index is 1270. The first-order valence-electron chi connectivity index (χ1n) is 9.87. The lowest BCUT2D eigenvalue weighted by atomic mass is 10.2. The standard InChI is InChI=1S/C23H19BrN4O3/c1-30-19-11-16(31-15-5-3-2-4-6-15)9-10-18(19)27-23(29)21-20-17(24)12-28(14-7-8-14)22(20)26-13-25-21/h2-6,9-14H,7-8H2,1H3,(H,27,29). The number of aromatic nitrogens is 3. The van der Waals surface area contributed by atoms with E-state index in [9.17, 15) is 4.79 Å². The molecule has 1 aliphatic carbocycles. The maximum Gasteiger partial charge on any atom is 0.275 e. The van der Waals surface area contributed by atoms with Gasteiger partial charge < -0.3 is 19.4 Å². The van der Waals surface area contributed by atoms with E-state index >= 15 is 0 Å².